The lowest BCUT2D eigenvalue weighted by atomic mass is 10.2. The molecule has 1 aromatic carbocycles. The average Bonchev–Trinajstić information content (AvgIpc) is 2.34. The summed E-state index contributed by atoms with van der Waals surface area (Å²) in [7, 11) is -4.64. The predicted molar refractivity (Wildman–Crippen MR) is 106 cm³/mol. The summed E-state index contributed by atoms with van der Waals surface area (Å²) < 4.78 is 0. The summed E-state index contributed by atoms with van der Waals surface area (Å²) >= 11 is 0. The fraction of sp³-hybridized carbons (Fsp3) is 0.556. The van der Waals surface area contributed by atoms with E-state index >= 15 is 0 Å². The van der Waals surface area contributed by atoms with E-state index < -0.39 is 23.3 Å². The molecular formula is C18H32Si3. The highest BCUT2D eigenvalue weighted by atomic mass is 29.3. The molecule has 0 heterocycles. The van der Waals surface area contributed by atoms with Crippen LogP contribution in [0.1, 0.15) is 20.8 Å². The second kappa shape index (κ2) is 5.91. The van der Waals surface area contributed by atoms with Gasteiger partial charge < -0.3 is 0 Å². The van der Waals surface area contributed by atoms with Gasteiger partial charge in [-0.15, -0.1) is 11.1 Å². The third kappa shape index (κ3) is 4.00. The molecular weight excluding hydrogens is 300 g/mol. The molecule has 0 saturated carbocycles. The summed E-state index contributed by atoms with van der Waals surface area (Å²) in [4.78, 5) is 0. The van der Waals surface area contributed by atoms with Gasteiger partial charge in [0, 0.05) is 0 Å². The molecule has 3 heteroatoms. The number of hydrogen-bond donors (Lipinski definition) is 0. The zero-order valence-corrected chi connectivity index (χ0v) is 18.4. The molecule has 21 heavy (non-hydrogen) atoms. The quantitative estimate of drug-likeness (QED) is 0.529. The van der Waals surface area contributed by atoms with E-state index in [1.54, 1.807) is 0 Å². The molecule has 0 aliphatic heterocycles. The van der Waals surface area contributed by atoms with Gasteiger partial charge in [0.25, 0.3) is 0 Å². The fourth-order valence-electron chi connectivity index (χ4n) is 2.42. The van der Waals surface area contributed by atoms with Crippen LogP contribution < -0.4 is 5.19 Å². The van der Waals surface area contributed by atoms with Crippen molar-refractivity contribution in [1.82, 2.24) is 0 Å². The van der Waals surface area contributed by atoms with E-state index in [4.69, 9.17) is 0 Å². The zero-order valence-electron chi connectivity index (χ0n) is 15.4. The Hall–Kier alpha value is -0.569. The van der Waals surface area contributed by atoms with Crippen LogP contribution >= 0.6 is 0 Å². The fourth-order valence-corrected chi connectivity index (χ4v) is 17.1. The predicted octanol–water partition coefficient (Wildman–Crippen LogP) is 4.98. The molecule has 1 rings (SSSR count). The maximum Gasteiger partial charge on any atom is 0.155 e. The van der Waals surface area contributed by atoms with Crippen LogP contribution in [-0.4, -0.2) is 23.3 Å². The maximum atomic E-state index is 3.91. The van der Waals surface area contributed by atoms with Crippen LogP contribution in [0.3, 0.4) is 0 Å². The molecule has 0 aromatic heterocycles. The largest absolute Gasteiger partial charge is 0.155 e. The lowest BCUT2D eigenvalue weighted by Crippen LogP contribution is -2.68. The van der Waals surface area contributed by atoms with Crippen LogP contribution in [0.5, 0.6) is 0 Å². The van der Waals surface area contributed by atoms with Crippen LogP contribution in [0.4, 0.5) is 0 Å². The molecule has 0 fully saturated rings. The van der Waals surface area contributed by atoms with Gasteiger partial charge in [-0.1, -0.05) is 90.4 Å². The van der Waals surface area contributed by atoms with E-state index in [1.165, 1.54) is 5.19 Å². The first-order valence-corrected chi connectivity index (χ1v) is 17.9. The lowest BCUT2D eigenvalue weighted by molar-refractivity contribution is 0.733. The molecule has 0 spiro atoms. The smallest absolute Gasteiger partial charge is 0.139 e. The van der Waals surface area contributed by atoms with Gasteiger partial charge in [0.05, 0.1) is 7.59 Å². The standard InChI is InChI=1S/C18H32Si3/c1-18(2,3)20(7,8)21(9,16-15-19(4,5)6)17-13-11-10-12-14-17/h10-14H,1-9H3. The van der Waals surface area contributed by atoms with Gasteiger partial charge in [-0.3, -0.25) is 0 Å². The normalized spacial score (nSPS) is 15.9. The van der Waals surface area contributed by atoms with E-state index in [0.29, 0.717) is 5.04 Å². The Bertz CT molecular complexity index is 536. The molecule has 1 atom stereocenters. The van der Waals surface area contributed by atoms with Crippen LogP contribution in [0.25, 0.3) is 0 Å². The summed E-state index contributed by atoms with van der Waals surface area (Å²) in [6.07, 6.45) is 0. The molecule has 0 amide bonds. The molecule has 0 saturated heterocycles. The van der Waals surface area contributed by atoms with Gasteiger partial charge in [-0.2, -0.15) is 0 Å². The summed E-state index contributed by atoms with van der Waals surface area (Å²) in [5.41, 5.74) is 7.64. The van der Waals surface area contributed by atoms with Crippen LogP contribution in [0, 0.1) is 11.1 Å². The van der Waals surface area contributed by atoms with Crippen molar-refractivity contribution < 1.29 is 0 Å². The van der Waals surface area contributed by atoms with E-state index in [1.807, 2.05) is 0 Å². The SMILES string of the molecule is CC(C)(C)[Si](C)(C)[Si](C)(C#C[Si](C)(C)C)c1ccccc1. The highest BCUT2D eigenvalue weighted by Gasteiger charge is 2.52. The molecule has 1 unspecified atom stereocenters. The molecule has 0 radical (unpaired) electrons. The zero-order chi connectivity index (χ0) is 16.5. The summed E-state index contributed by atoms with van der Waals surface area (Å²) in [6, 6.07) is 11.1. The summed E-state index contributed by atoms with van der Waals surface area (Å²) in [5.74, 6) is 0. The van der Waals surface area contributed by atoms with Crippen LogP contribution in [0.2, 0.25) is 44.3 Å². The second-order valence-electron chi connectivity index (χ2n) is 8.87. The van der Waals surface area contributed by atoms with Crippen molar-refractivity contribution in [2.75, 3.05) is 0 Å². The van der Waals surface area contributed by atoms with Gasteiger partial charge in [0.15, 0.2) is 7.59 Å². The first-order chi connectivity index (χ1) is 9.31. The van der Waals surface area contributed by atoms with E-state index in [-0.39, 0.29) is 0 Å². The van der Waals surface area contributed by atoms with Crippen molar-refractivity contribution in [3.63, 3.8) is 0 Å². The van der Waals surface area contributed by atoms with Gasteiger partial charge in [-0.25, -0.2) is 0 Å². The number of hydrogen-bond acceptors (Lipinski definition) is 0. The molecule has 116 valence electrons. The minimum atomic E-state index is -1.79. The first-order valence-electron chi connectivity index (χ1n) is 7.91. The molecule has 0 nitrogen and oxygen atoms in total. The van der Waals surface area contributed by atoms with Gasteiger partial charge >= 0.3 is 0 Å². The number of benzene rings is 1. The van der Waals surface area contributed by atoms with Gasteiger partial charge in [0.1, 0.15) is 8.07 Å². The van der Waals surface area contributed by atoms with Crippen molar-refractivity contribution in [3.05, 3.63) is 30.3 Å². The topological polar surface area (TPSA) is 0 Å². The van der Waals surface area contributed by atoms with Crippen molar-refractivity contribution >= 4 is 28.4 Å². The molecule has 0 aliphatic rings. The van der Waals surface area contributed by atoms with Gasteiger partial charge in [0.2, 0.25) is 0 Å². The Balaban J connectivity index is 3.55. The third-order valence-electron chi connectivity index (χ3n) is 5.16. The van der Waals surface area contributed by atoms with Crippen molar-refractivity contribution in [2.24, 2.45) is 0 Å². The average molecular weight is 333 g/mol. The first kappa shape index (κ1) is 18.5. The van der Waals surface area contributed by atoms with Crippen LogP contribution in [-0.2, 0) is 0 Å². The van der Waals surface area contributed by atoms with Crippen molar-refractivity contribution in [1.29, 1.82) is 0 Å². The maximum absolute atomic E-state index is 3.91. The Kier molecular flexibility index (Phi) is 5.20. The lowest BCUT2D eigenvalue weighted by Gasteiger charge is -2.47. The monoisotopic (exact) mass is 332 g/mol. The van der Waals surface area contributed by atoms with E-state index in [9.17, 15) is 0 Å². The van der Waals surface area contributed by atoms with Crippen molar-refractivity contribution in [2.45, 2.75) is 65.1 Å². The Morgan fingerprint density at radius 2 is 1.24 bits per heavy atom. The van der Waals surface area contributed by atoms with E-state index in [2.05, 4.69) is 101 Å². The third-order valence-corrected chi connectivity index (χ3v) is 25.6. The van der Waals surface area contributed by atoms with Crippen LogP contribution in [0.15, 0.2) is 30.3 Å². The van der Waals surface area contributed by atoms with Crippen molar-refractivity contribution in [3.8, 4) is 11.1 Å². The Labute approximate surface area is 135 Å². The Morgan fingerprint density at radius 1 is 0.762 bits per heavy atom. The minimum Gasteiger partial charge on any atom is -0.139 e. The summed E-state index contributed by atoms with van der Waals surface area (Å²) in [5, 5.41) is 1.90. The highest BCUT2D eigenvalue weighted by Crippen LogP contribution is 2.41. The van der Waals surface area contributed by atoms with Gasteiger partial charge in [-0.05, 0) is 10.2 Å². The number of rotatable bonds is 2. The highest BCUT2D eigenvalue weighted by molar-refractivity contribution is 7.50. The molecule has 0 bridgehead atoms. The molecule has 0 aliphatic carbocycles. The summed E-state index contributed by atoms with van der Waals surface area (Å²) in [6.45, 7) is 22.0. The Morgan fingerprint density at radius 3 is 1.62 bits per heavy atom. The van der Waals surface area contributed by atoms with E-state index in [0.717, 1.165) is 0 Å². The minimum absolute atomic E-state index is 0.373. The second-order valence-corrected chi connectivity index (χ2v) is 28.2. The molecule has 0 N–H and O–H groups in total. The molecule has 1 aromatic rings.